The first-order valence-electron chi connectivity index (χ1n) is 5.54. The lowest BCUT2D eigenvalue weighted by atomic mass is 10.1. The average molecular weight is 312 g/mol. The number of alkyl halides is 2. The molecule has 1 aliphatic rings. The Balaban J connectivity index is 2.46. The van der Waals surface area contributed by atoms with E-state index in [1.807, 2.05) is 0 Å². The van der Waals surface area contributed by atoms with E-state index in [0.717, 1.165) is 11.8 Å². The van der Waals surface area contributed by atoms with Crippen LogP contribution in [0.5, 0.6) is 0 Å². The van der Waals surface area contributed by atoms with Gasteiger partial charge >= 0.3 is 0 Å². The molecule has 1 amide bonds. The van der Waals surface area contributed by atoms with Crippen LogP contribution in [0.25, 0.3) is 0 Å². The molecular formula is C12H10Cl2F3NO. The first kappa shape index (κ1) is 14.5. The average Bonchev–Trinajstić information content (AvgIpc) is 2.68. The monoisotopic (exact) mass is 311 g/mol. The molecule has 0 aromatic heterocycles. The molecule has 1 heterocycles. The lowest BCUT2D eigenvalue weighted by Crippen LogP contribution is -2.28. The summed E-state index contributed by atoms with van der Waals surface area (Å²) in [6.07, 6.45) is 0. The number of amides is 1. The summed E-state index contributed by atoms with van der Waals surface area (Å²) < 4.78 is 40.5. The van der Waals surface area contributed by atoms with Gasteiger partial charge in [-0.3, -0.25) is 4.79 Å². The number of hydrogen-bond acceptors (Lipinski definition) is 1. The summed E-state index contributed by atoms with van der Waals surface area (Å²) in [7, 11) is 0. The van der Waals surface area contributed by atoms with Crippen molar-refractivity contribution in [3.63, 3.8) is 0 Å². The first-order chi connectivity index (χ1) is 8.88. The number of carbonyl (C=O) groups is 1. The van der Waals surface area contributed by atoms with Crippen molar-refractivity contribution in [1.29, 1.82) is 0 Å². The smallest absolute Gasteiger partial charge is 0.245 e. The molecule has 0 saturated carbocycles. The van der Waals surface area contributed by atoms with Gasteiger partial charge in [-0.05, 0) is 6.92 Å². The van der Waals surface area contributed by atoms with E-state index in [9.17, 15) is 18.0 Å². The van der Waals surface area contributed by atoms with Gasteiger partial charge in [0.25, 0.3) is 0 Å². The quantitative estimate of drug-likeness (QED) is 0.606. The van der Waals surface area contributed by atoms with Gasteiger partial charge in [-0.2, -0.15) is 0 Å². The molecule has 0 radical (unpaired) electrons. The Morgan fingerprint density at radius 1 is 1.37 bits per heavy atom. The predicted molar refractivity (Wildman–Crippen MR) is 67.3 cm³/mol. The van der Waals surface area contributed by atoms with Crippen LogP contribution in [0.15, 0.2) is 6.07 Å². The molecule has 1 saturated heterocycles. The van der Waals surface area contributed by atoms with Crippen LogP contribution in [0, 0.1) is 30.3 Å². The largest absolute Gasteiger partial charge is 0.308 e. The summed E-state index contributed by atoms with van der Waals surface area (Å²) in [5.74, 6) is -4.22. The van der Waals surface area contributed by atoms with E-state index in [-0.39, 0.29) is 24.0 Å². The summed E-state index contributed by atoms with van der Waals surface area (Å²) in [5, 5.41) is -0.884. The highest BCUT2D eigenvalue weighted by Gasteiger charge is 2.40. The normalized spacial score (nSPS) is 23.3. The second kappa shape index (κ2) is 5.21. The Morgan fingerprint density at radius 3 is 2.53 bits per heavy atom. The standard InChI is InChI=1S/C12H10Cl2F3NO/c1-5-10(16)7(15)2-8(11(5)17)18-4-6(3-13)9(14)12(18)19/h2,6,9H,3-4H2,1H3. The third-order valence-corrected chi connectivity index (χ3v) is 4.12. The maximum absolute atomic E-state index is 13.9. The molecule has 1 aliphatic heterocycles. The summed E-state index contributed by atoms with van der Waals surface area (Å²) in [5.41, 5.74) is -0.775. The zero-order chi connectivity index (χ0) is 14.3. The Morgan fingerprint density at radius 2 is 2.00 bits per heavy atom. The molecule has 2 nitrogen and oxygen atoms in total. The molecule has 0 aliphatic carbocycles. The molecule has 0 N–H and O–H groups in total. The number of nitrogens with zero attached hydrogens (tertiary/aromatic N) is 1. The van der Waals surface area contributed by atoms with Crippen LogP contribution < -0.4 is 4.90 Å². The third kappa shape index (κ3) is 2.30. The van der Waals surface area contributed by atoms with Crippen molar-refractivity contribution in [1.82, 2.24) is 0 Å². The summed E-state index contributed by atoms with van der Waals surface area (Å²) in [4.78, 5) is 12.9. The summed E-state index contributed by atoms with van der Waals surface area (Å²) in [6, 6.07) is 0.662. The van der Waals surface area contributed by atoms with Crippen LogP contribution >= 0.6 is 23.2 Å². The molecule has 2 atom stereocenters. The maximum Gasteiger partial charge on any atom is 0.245 e. The fourth-order valence-corrected chi connectivity index (χ4v) is 2.68. The van der Waals surface area contributed by atoms with Crippen LogP contribution in [-0.4, -0.2) is 23.7 Å². The molecule has 1 aromatic carbocycles. The van der Waals surface area contributed by atoms with Crippen LogP contribution in [-0.2, 0) is 4.79 Å². The van der Waals surface area contributed by atoms with Gasteiger partial charge in [-0.15, -0.1) is 23.2 Å². The van der Waals surface area contributed by atoms with E-state index in [1.54, 1.807) is 0 Å². The van der Waals surface area contributed by atoms with E-state index < -0.39 is 34.3 Å². The van der Waals surface area contributed by atoms with Crippen molar-refractivity contribution in [3.8, 4) is 0 Å². The van der Waals surface area contributed by atoms with Crippen molar-refractivity contribution < 1.29 is 18.0 Å². The molecule has 2 rings (SSSR count). The molecule has 19 heavy (non-hydrogen) atoms. The molecule has 0 bridgehead atoms. The van der Waals surface area contributed by atoms with E-state index in [0.29, 0.717) is 6.07 Å². The van der Waals surface area contributed by atoms with Crippen LogP contribution in [0.4, 0.5) is 18.9 Å². The number of hydrogen-bond donors (Lipinski definition) is 0. The van der Waals surface area contributed by atoms with Crippen molar-refractivity contribution in [2.24, 2.45) is 5.92 Å². The van der Waals surface area contributed by atoms with Crippen LogP contribution in [0.2, 0.25) is 0 Å². The van der Waals surface area contributed by atoms with Gasteiger partial charge < -0.3 is 4.90 Å². The van der Waals surface area contributed by atoms with E-state index in [4.69, 9.17) is 23.2 Å². The fraction of sp³-hybridized carbons (Fsp3) is 0.417. The Bertz CT molecular complexity index is 538. The minimum absolute atomic E-state index is 0.0813. The lowest BCUT2D eigenvalue weighted by Gasteiger charge is -2.18. The Hall–Kier alpha value is -0.940. The van der Waals surface area contributed by atoms with E-state index in [1.165, 1.54) is 0 Å². The zero-order valence-electron chi connectivity index (χ0n) is 9.89. The molecule has 0 spiro atoms. The van der Waals surface area contributed by atoms with Gasteiger partial charge in [0.05, 0.1) is 5.69 Å². The SMILES string of the molecule is Cc1c(F)c(F)cc(N2CC(CCl)C(Cl)C2=O)c1F. The second-order valence-corrected chi connectivity index (χ2v) is 5.17. The highest BCUT2D eigenvalue weighted by molar-refractivity contribution is 6.34. The summed E-state index contributed by atoms with van der Waals surface area (Å²) in [6.45, 7) is 1.19. The maximum atomic E-state index is 13.9. The number of anilines is 1. The van der Waals surface area contributed by atoms with Crippen LogP contribution in [0.1, 0.15) is 5.56 Å². The number of halogens is 5. The minimum atomic E-state index is -1.26. The van der Waals surface area contributed by atoms with Gasteiger partial charge in [0.1, 0.15) is 5.38 Å². The Kier molecular flexibility index (Phi) is 3.97. The highest BCUT2D eigenvalue weighted by atomic mass is 35.5. The van der Waals surface area contributed by atoms with Gasteiger partial charge in [-0.1, -0.05) is 0 Å². The highest BCUT2D eigenvalue weighted by Crippen LogP contribution is 2.33. The predicted octanol–water partition coefficient (Wildman–Crippen LogP) is 3.22. The molecule has 1 fully saturated rings. The lowest BCUT2D eigenvalue weighted by molar-refractivity contribution is -0.117. The van der Waals surface area contributed by atoms with Gasteiger partial charge in [-0.25, -0.2) is 13.2 Å². The van der Waals surface area contributed by atoms with E-state index >= 15 is 0 Å². The molecule has 1 aromatic rings. The van der Waals surface area contributed by atoms with Crippen molar-refractivity contribution in [3.05, 3.63) is 29.1 Å². The van der Waals surface area contributed by atoms with E-state index in [2.05, 4.69) is 0 Å². The van der Waals surface area contributed by atoms with Gasteiger partial charge in [0.15, 0.2) is 17.5 Å². The molecule has 2 unspecified atom stereocenters. The third-order valence-electron chi connectivity index (χ3n) is 3.18. The number of rotatable bonds is 2. The van der Waals surface area contributed by atoms with Crippen molar-refractivity contribution in [2.45, 2.75) is 12.3 Å². The number of benzene rings is 1. The first-order valence-corrected chi connectivity index (χ1v) is 6.51. The van der Waals surface area contributed by atoms with Gasteiger partial charge in [0.2, 0.25) is 5.91 Å². The van der Waals surface area contributed by atoms with Gasteiger partial charge in [0, 0.05) is 30.0 Å². The summed E-state index contributed by atoms with van der Waals surface area (Å²) >= 11 is 11.5. The zero-order valence-corrected chi connectivity index (χ0v) is 11.4. The van der Waals surface area contributed by atoms with Crippen LogP contribution in [0.3, 0.4) is 0 Å². The minimum Gasteiger partial charge on any atom is -0.308 e. The molecule has 104 valence electrons. The molecular weight excluding hydrogens is 302 g/mol. The second-order valence-electron chi connectivity index (χ2n) is 4.40. The topological polar surface area (TPSA) is 20.3 Å². The van der Waals surface area contributed by atoms with Crippen molar-refractivity contribution >= 4 is 34.8 Å². The van der Waals surface area contributed by atoms with Crippen molar-refractivity contribution in [2.75, 3.05) is 17.3 Å². The Labute approximate surface area is 118 Å². The molecule has 7 heteroatoms. The number of carbonyl (C=O) groups excluding carboxylic acids is 1. The fourth-order valence-electron chi connectivity index (χ4n) is 2.02.